The first-order valence-corrected chi connectivity index (χ1v) is 7.20. The smallest absolute Gasteiger partial charge is 0.185 e. The van der Waals surface area contributed by atoms with E-state index < -0.39 is 0 Å². The second-order valence-corrected chi connectivity index (χ2v) is 5.94. The Morgan fingerprint density at radius 2 is 2.12 bits per heavy atom. The van der Waals surface area contributed by atoms with Gasteiger partial charge in [-0.25, -0.2) is 4.98 Å². The van der Waals surface area contributed by atoms with Gasteiger partial charge in [0.25, 0.3) is 0 Å². The van der Waals surface area contributed by atoms with E-state index in [1.807, 2.05) is 0 Å². The number of thiazole rings is 1. The lowest BCUT2D eigenvalue weighted by molar-refractivity contribution is 0.284. The van der Waals surface area contributed by atoms with E-state index in [0.717, 1.165) is 35.1 Å². The Labute approximate surface area is 108 Å². The van der Waals surface area contributed by atoms with Crippen molar-refractivity contribution in [2.24, 2.45) is 5.92 Å². The molecule has 0 saturated carbocycles. The van der Waals surface area contributed by atoms with Crippen molar-refractivity contribution in [3.05, 3.63) is 10.6 Å². The Kier molecular flexibility index (Phi) is 5.92. The maximum atomic E-state index is 9.31. The van der Waals surface area contributed by atoms with Crippen LogP contribution in [0.5, 0.6) is 0 Å². The summed E-state index contributed by atoms with van der Waals surface area (Å²) in [4.78, 5) is 7.86. The van der Waals surface area contributed by atoms with E-state index in [-0.39, 0.29) is 6.61 Å². The van der Waals surface area contributed by atoms with Crippen LogP contribution in [0.15, 0.2) is 0 Å². The number of aryl methyl sites for hydroxylation is 1. The Morgan fingerprint density at radius 1 is 1.41 bits per heavy atom. The third-order valence-electron chi connectivity index (χ3n) is 2.77. The molecule has 0 radical (unpaired) electrons. The fraction of sp³-hybridized carbons (Fsp3) is 0.769. The van der Waals surface area contributed by atoms with Gasteiger partial charge in [-0.3, -0.25) is 0 Å². The largest absolute Gasteiger partial charge is 0.391 e. The first kappa shape index (κ1) is 14.5. The molecule has 17 heavy (non-hydrogen) atoms. The van der Waals surface area contributed by atoms with E-state index in [0.29, 0.717) is 5.92 Å². The van der Waals surface area contributed by atoms with Crippen molar-refractivity contribution in [3.8, 4) is 0 Å². The highest BCUT2D eigenvalue weighted by Crippen LogP contribution is 2.27. The molecular weight excluding hydrogens is 232 g/mol. The summed E-state index contributed by atoms with van der Waals surface area (Å²) >= 11 is 1.62. The molecule has 0 aliphatic heterocycles. The minimum Gasteiger partial charge on any atom is -0.391 e. The summed E-state index contributed by atoms with van der Waals surface area (Å²) in [6.45, 7) is 7.75. The van der Waals surface area contributed by atoms with Crippen molar-refractivity contribution in [3.63, 3.8) is 0 Å². The molecule has 0 aliphatic rings. The lowest BCUT2D eigenvalue weighted by Gasteiger charge is -2.16. The molecule has 0 bridgehead atoms. The van der Waals surface area contributed by atoms with Gasteiger partial charge in [0.15, 0.2) is 5.13 Å². The molecule has 1 N–H and O–H groups in total. The number of aromatic nitrogens is 1. The van der Waals surface area contributed by atoms with E-state index in [1.54, 1.807) is 11.3 Å². The predicted molar refractivity (Wildman–Crippen MR) is 74.8 cm³/mol. The first-order valence-electron chi connectivity index (χ1n) is 6.39. The number of hydrogen-bond acceptors (Lipinski definition) is 4. The molecule has 0 unspecified atom stereocenters. The van der Waals surface area contributed by atoms with Gasteiger partial charge in [0.1, 0.15) is 0 Å². The number of aliphatic hydroxyl groups is 1. The van der Waals surface area contributed by atoms with Crippen molar-refractivity contribution in [2.45, 2.75) is 46.6 Å². The average molecular weight is 256 g/mol. The van der Waals surface area contributed by atoms with Crippen molar-refractivity contribution < 1.29 is 5.11 Å². The minimum absolute atomic E-state index is 0.116. The summed E-state index contributed by atoms with van der Waals surface area (Å²) in [6, 6.07) is 0. The number of nitrogens with zero attached hydrogens (tertiary/aromatic N) is 2. The maximum absolute atomic E-state index is 9.31. The Hall–Kier alpha value is -0.610. The molecule has 0 amide bonds. The van der Waals surface area contributed by atoms with Gasteiger partial charge in [-0.15, -0.1) is 0 Å². The Bertz CT molecular complexity index is 336. The molecule has 1 aromatic heterocycles. The van der Waals surface area contributed by atoms with Gasteiger partial charge in [0.2, 0.25) is 0 Å². The molecule has 0 atom stereocenters. The summed E-state index contributed by atoms with van der Waals surface area (Å²) in [6.07, 6.45) is 3.21. The van der Waals surface area contributed by atoms with Crippen LogP contribution in [0, 0.1) is 5.92 Å². The van der Waals surface area contributed by atoms with Gasteiger partial charge < -0.3 is 10.0 Å². The molecule has 0 spiro atoms. The molecular formula is C13H24N2OS. The molecule has 4 heteroatoms. The Morgan fingerprint density at radius 3 is 2.65 bits per heavy atom. The van der Waals surface area contributed by atoms with Crippen LogP contribution in [-0.2, 0) is 13.0 Å². The van der Waals surface area contributed by atoms with Crippen LogP contribution in [0.1, 0.15) is 44.2 Å². The molecule has 0 aromatic carbocycles. The monoisotopic (exact) mass is 256 g/mol. The zero-order chi connectivity index (χ0) is 12.8. The standard InChI is InChI=1S/C13H24N2OS/c1-5-6-11-12(9-16)17-13(14-11)15(4)8-7-10(2)3/h10,16H,5-9H2,1-4H3. The quantitative estimate of drug-likeness (QED) is 0.814. The molecule has 0 saturated heterocycles. The minimum atomic E-state index is 0.116. The highest BCUT2D eigenvalue weighted by molar-refractivity contribution is 7.15. The van der Waals surface area contributed by atoms with Crippen LogP contribution in [0.2, 0.25) is 0 Å². The zero-order valence-corrected chi connectivity index (χ0v) is 12.2. The van der Waals surface area contributed by atoms with E-state index in [9.17, 15) is 5.11 Å². The van der Waals surface area contributed by atoms with Gasteiger partial charge in [-0.2, -0.15) is 0 Å². The zero-order valence-electron chi connectivity index (χ0n) is 11.4. The lowest BCUT2D eigenvalue weighted by Crippen LogP contribution is -2.19. The van der Waals surface area contributed by atoms with Crippen molar-refractivity contribution in [2.75, 3.05) is 18.5 Å². The fourth-order valence-corrected chi connectivity index (χ4v) is 2.59. The van der Waals surface area contributed by atoms with Crippen LogP contribution < -0.4 is 4.90 Å². The summed E-state index contributed by atoms with van der Waals surface area (Å²) in [7, 11) is 2.08. The molecule has 1 aromatic rings. The highest BCUT2D eigenvalue weighted by atomic mass is 32.1. The van der Waals surface area contributed by atoms with E-state index in [2.05, 4.69) is 37.7 Å². The number of anilines is 1. The van der Waals surface area contributed by atoms with Crippen molar-refractivity contribution in [1.82, 2.24) is 4.98 Å². The topological polar surface area (TPSA) is 36.4 Å². The fourth-order valence-electron chi connectivity index (χ4n) is 1.64. The normalized spacial score (nSPS) is 11.2. The Balaban J connectivity index is 2.69. The third kappa shape index (κ3) is 4.28. The second kappa shape index (κ2) is 6.97. The van der Waals surface area contributed by atoms with E-state index >= 15 is 0 Å². The maximum Gasteiger partial charge on any atom is 0.185 e. The summed E-state index contributed by atoms with van der Waals surface area (Å²) in [5.74, 6) is 0.713. The number of aliphatic hydroxyl groups excluding tert-OH is 1. The first-order chi connectivity index (χ1) is 8.08. The van der Waals surface area contributed by atoms with Gasteiger partial charge in [-0.1, -0.05) is 38.5 Å². The van der Waals surface area contributed by atoms with Crippen LogP contribution in [0.4, 0.5) is 5.13 Å². The average Bonchev–Trinajstić information content (AvgIpc) is 2.69. The van der Waals surface area contributed by atoms with Crippen LogP contribution in [-0.4, -0.2) is 23.7 Å². The summed E-state index contributed by atoms with van der Waals surface area (Å²) < 4.78 is 0. The molecule has 98 valence electrons. The lowest BCUT2D eigenvalue weighted by atomic mass is 10.1. The van der Waals surface area contributed by atoms with E-state index in [1.165, 1.54) is 6.42 Å². The van der Waals surface area contributed by atoms with Gasteiger partial charge in [0.05, 0.1) is 17.2 Å². The van der Waals surface area contributed by atoms with Crippen LogP contribution >= 0.6 is 11.3 Å². The summed E-state index contributed by atoms with van der Waals surface area (Å²) in [5.41, 5.74) is 1.08. The SMILES string of the molecule is CCCc1nc(N(C)CCC(C)C)sc1CO. The predicted octanol–water partition coefficient (Wildman–Crippen LogP) is 3.07. The van der Waals surface area contributed by atoms with E-state index in [4.69, 9.17) is 0 Å². The highest BCUT2D eigenvalue weighted by Gasteiger charge is 2.12. The number of hydrogen-bond donors (Lipinski definition) is 1. The molecule has 1 heterocycles. The van der Waals surface area contributed by atoms with Gasteiger partial charge >= 0.3 is 0 Å². The summed E-state index contributed by atoms with van der Waals surface area (Å²) in [5, 5.41) is 10.4. The van der Waals surface area contributed by atoms with Crippen LogP contribution in [0.25, 0.3) is 0 Å². The van der Waals surface area contributed by atoms with Crippen molar-refractivity contribution >= 4 is 16.5 Å². The molecule has 0 aliphatic carbocycles. The van der Waals surface area contributed by atoms with Crippen LogP contribution in [0.3, 0.4) is 0 Å². The number of rotatable bonds is 7. The van der Waals surface area contributed by atoms with Gasteiger partial charge in [-0.05, 0) is 18.8 Å². The molecule has 1 rings (SSSR count). The molecule has 3 nitrogen and oxygen atoms in total. The van der Waals surface area contributed by atoms with Crippen molar-refractivity contribution in [1.29, 1.82) is 0 Å². The second-order valence-electron chi connectivity index (χ2n) is 4.88. The van der Waals surface area contributed by atoms with Gasteiger partial charge in [0, 0.05) is 13.6 Å². The third-order valence-corrected chi connectivity index (χ3v) is 3.96. The molecule has 0 fully saturated rings.